The zero-order valence-corrected chi connectivity index (χ0v) is 46.0. The largest absolute Gasteiger partial charge is 0.493 e. The summed E-state index contributed by atoms with van der Waals surface area (Å²) < 4.78 is 25.1. The molecule has 422 valence electrons. The molecule has 0 bridgehead atoms. The molecule has 2 atom stereocenters. The summed E-state index contributed by atoms with van der Waals surface area (Å²) in [5, 5.41) is 35.2. The third-order valence-electron chi connectivity index (χ3n) is 13.9. The Labute approximate surface area is 464 Å². The molecule has 80 heavy (non-hydrogen) atoms. The second kappa shape index (κ2) is 26.4. The van der Waals surface area contributed by atoms with Gasteiger partial charge in [0.05, 0.1) is 60.6 Å². The van der Waals surface area contributed by atoms with Crippen molar-refractivity contribution < 1.29 is 48.3 Å². The summed E-state index contributed by atoms with van der Waals surface area (Å²) in [5.41, 5.74) is 19.9. The lowest BCUT2D eigenvalue weighted by Gasteiger charge is -2.24. The second-order valence-electron chi connectivity index (χ2n) is 19.9. The summed E-state index contributed by atoms with van der Waals surface area (Å²) in [7, 11) is 3.05. The van der Waals surface area contributed by atoms with Gasteiger partial charge in [0.1, 0.15) is 25.4 Å². The smallest absolute Gasteiger partial charge is 0.252 e. The van der Waals surface area contributed by atoms with Crippen LogP contribution in [0.3, 0.4) is 0 Å². The quantitative estimate of drug-likeness (QED) is 0.0290. The second-order valence-corrected chi connectivity index (χ2v) is 19.9. The number of ether oxygens (including phenoxy) is 4. The highest BCUT2D eigenvalue weighted by molar-refractivity contribution is 6.09. The summed E-state index contributed by atoms with van der Waals surface area (Å²) in [6, 6.07) is 19.3. The van der Waals surface area contributed by atoms with Gasteiger partial charge in [0, 0.05) is 105 Å². The van der Waals surface area contributed by atoms with E-state index in [1.165, 1.54) is 33.4 Å². The number of aliphatic hydroxyl groups excluding tert-OH is 2. The molecule has 3 heterocycles. The first-order valence-electron chi connectivity index (χ1n) is 26.8. The number of primary amides is 2. The highest BCUT2D eigenvalue weighted by Crippen LogP contribution is 2.40. The number of aromatic nitrogens is 4. The van der Waals surface area contributed by atoms with Crippen LogP contribution in [0.5, 0.6) is 23.0 Å². The molecule has 0 aliphatic heterocycles. The van der Waals surface area contributed by atoms with Crippen LogP contribution in [0.4, 0.5) is 22.7 Å². The first kappa shape index (κ1) is 57.6. The molecular formula is C59H71N11O10. The van der Waals surface area contributed by atoms with E-state index >= 15 is 0 Å². The number of amides is 4. The van der Waals surface area contributed by atoms with E-state index in [-0.39, 0.29) is 48.7 Å². The monoisotopic (exact) mass is 1090 g/mol. The number of methoxy groups -OCH3 is 2. The summed E-state index contributed by atoms with van der Waals surface area (Å²) in [6.45, 7) is 8.75. The van der Waals surface area contributed by atoms with Gasteiger partial charge in [-0.25, -0.2) is 4.98 Å². The van der Waals surface area contributed by atoms with E-state index in [1.807, 2.05) is 48.0 Å². The Morgan fingerprint density at radius 2 is 1.27 bits per heavy atom. The first-order valence-corrected chi connectivity index (χ1v) is 26.8. The number of hydrogen-bond acceptors (Lipinski definition) is 16. The van der Waals surface area contributed by atoms with Crippen LogP contribution in [-0.2, 0) is 35.5 Å². The minimum Gasteiger partial charge on any atom is -0.493 e. The summed E-state index contributed by atoms with van der Waals surface area (Å²) in [4.78, 5) is 63.1. The Hall–Kier alpha value is -8.53. The Kier molecular flexibility index (Phi) is 19.0. The summed E-state index contributed by atoms with van der Waals surface area (Å²) in [6.07, 6.45) is 12.4. The lowest BCUT2D eigenvalue weighted by Crippen LogP contribution is -2.39. The number of rotatable bonds is 26. The molecule has 0 radical (unpaired) electrons. The van der Waals surface area contributed by atoms with Crippen molar-refractivity contribution in [3.8, 4) is 23.0 Å². The van der Waals surface area contributed by atoms with Gasteiger partial charge in [-0.15, -0.1) is 0 Å². The van der Waals surface area contributed by atoms with Crippen LogP contribution in [-0.4, -0.2) is 123 Å². The maximum Gasteiger partial charge on any atom is 0.252 e. The molecule has 21 heteroatoms. The van der Waals surface area contributed by atoms with Crippen molar-refractivity contribution in [1.29, 1.82) is 0 Å². The average Bonchev–Trinajstić information content (AvgIpc) is 4.43. The van der Waals surface area contributed by atoms with Crippen molar-refractivity contribution in [2.24, 2.45) is 11.5 Å². The van der Waals surface area contributed by atoms with Crippen LogP contribution in [0.1, 0.15) is 96.3 Å². The zero-order chi connectivity index (χ0) is 57.0. The van der Waals surface area contributed by atoms with E-state index in [4.69, 9.17) is 30.4 Å². The van der Waals surface area contributed by atoms with Crippen molar-refractivity contribution in [2.75, 3.05) is 51.2 Å². The maximum atomic E-state index is 12.5. The lowest BCUT2D eigenvalue weighted by molar-refractivity contribution is -0.131. The number of carbonyl (C=O) groups is 4. The number of imidazole rings is 1. The lowest BCUT2D eigenvalue weighted by atomic mass is 10.0. The summed E-state index contributed by atoms with van der Waals surface area (Å²) >= 11 is 0. The molecule has 2 fully saturated rings. The van der Waals surface area contributed by atoms with Crippen LogP contribution >= 0.6 is 0 Å². The van der Waals surface area contributed by atoms with Crippen molar-refractivity contribution in [3.63, 3.8) is 0 Å². The molecule has 2 aliphatic rings. The number of carbonyl (C=O) groups excluding carboxylic acids is 4. The Balaban J connectivity index is 0.000000210. The SMILES string of the molecule is CCc1c(CNC(C)=O)cccc1Nc1c(C(N)=O)cnc2cc(OC)c(OCC(O)CN(C(C)=O)C3CC3)cc12.CCc1c(Cn2ccnc2)cccc1Nc1c(C(N)=O)cnc2cc(OC)c(OCC(O)CNC3CC3)cc12. The van der Waals surface area contributed by atoms with Crippen LogP contribution in [0.2, 0.25) is 0 Å². The number of nitrogens with zero attached hydrogens (tertiary/aromatic N) is 5. The van der Waals surface area contributed by atoms with Gasteiger partial charge >= 0.3 is 0 Å². The number of pyridine rings is 2. The number of benzene rings is 4. The van der Waals surface area contributed by atoms with Crippen molar-refractivity contribution in [2.45, 2.75) is 104 Å². The fraction of sp³-hybridized carbons (Fsp3) is 0.373. The van der Waals surface area contributed by atoms with Crippen LogP contribution in [0.25, 0.3) is 21.8 Å². The highest BCUT2D eigenvalue weighted by atomic mass is 16.5. The Morgan fingerprint density at radius 1 is 0.738 bits per heavy atom. The minimum atomic E-state index is -0.911. The number of anilines is 4. The van der Waals surface area contributed by atoms with Crippen molar-refractivity contribution in [3.05, 3.63) is 125 Å². The molecule has 0 spiro atoms. The van der Waals surface area contributed by atoms with Crippen LogP contribution < -0.4 is 51.7 Å². The zero-order valence-electron chi connectivity index (χ0n) is 46.0. The van der Waals surface area contributed by atoms with E-state index in [2.05, 4.69) is 49.2 Å². The molecule has 21 nitrogen and oxygen atoms in total. The molecule has 4 amide bonds. The van der Waals surface area contributed by atoms with Gasteiger partial charge in [0.15, 0.2) is 23.0 Å². The van der Waals surface area contributed by atoms with E-state index in [0.717, 1.165) is 65.7 Å². The third-order valence-corrected chi connectivity index (χ3v) is 13.9. The maximum absolute atomic E-state index is 12.5. The fourth-order valence-corrected chi connectivity index (χ4v) is 9.53. The number of fused-ring (bicyclic) bond motifs is 2. The first-order chi connectivity index (χ1) is 38.6. The number of hydrogen-bond donors (Lipinski definition) is 8. The molecule has 2 aliphatic carbocycles. The van der Waals surface area contributed by atoms with Gasteiger partial charge in [0.2, 0.25) is 11.8 Å². The van der Waals surface area contributed by atoms with Gasteiger partial charge < -0.3 is 71.4 Å². The molecular weight excluding hydrogens is 1020 g/mol. The topological polar surface area (TPSA) is 293 Å². The van der Waals surface area contributed by atoms with Gasteiger partial charge in [-0.2, -0.15) is 0 Å². The van der Waals surface area contributed by atoms with Crippen molar-refractivity contribution in [1.82, 2.24) is 35.1 Å². The normalized spacial score (nSPS) is 13.6. The molecule has 2 unspecified atom stereocenters. The van der Waals surface area contributed by atoms with E-state index in [1.54, 1.807) is 48.8 Å². The van der Waals surface area contributed by atoms with Gasteiger partial charge in [-0.1, -0.05) is 38.1 Å². The molecule has 2 saturated carbocycles. The predicted molar refractivity (Wildman–Crippen MR) is 305 cm³/mol. The van der Waals surface area contributed by atoms with Gasteiger partial charge in [-0.05, 0) is 85.0 Å². The number of aliphatic hydroxyl groups is 2. The van der Waals surface area contributed by atoms with Crippen LogP contribution in [0.15, 0.2) is 91.8 Å². The predicted octanol–water partition coefficient (Wildman–Crippen LogP) is 6.42. The molecule has 4 aromatic carbocycles. The van der Waals surface area contributed by atoms with Gasteiger partial charge in [0.25, 0.3) is 11.8 Å². The van der Waals surface area contributed by atoms with Crippen molar-refractivity contribution >= 4 is 68.2 Å². The number of nitrogens with two attached hydrogens (primary N) is 2. The molecule has 3 aromatic heterocycles. The van der Waals surface area contributed by atoms with Gasteiger partial charge in [-0.3, -0.25) is 29.1 Å². The molecule has 0 saturated heterocycles. The molecule has 7 aromatic rings. The van der Waals surface area contributed by atoms with E-state index in [0.29, 0.717) is 88.3 Å². The Bertz CT molecular complexity index is 3350. The van der Waals surface area contributed by atoms with E-state index in [9.17, 15) is 29.4 Å². The third kappa shape index (κ3) is 14.4. The standard InChI is InChI=1S/C30H37N5O6.C29H34N6O4/c1-5-22-19(13-32-17(2)36)7-6-8-25(22)34-29-23-11-28(27(40-4)12-26(23)33-14-24(29)30(31)39)41-16-21(38)15-35(18(3)37)20-9-10-20;1-3-21-18(15-35-10-9-31-17-35)5-4-6-24(21)34-28-22-11-27(39-16-20(36)13-32-19-7-8-19)26(38-2)12-25(22)33-14-23(28)29(30)37/h6-8,11-12,14,20-21,38H,5,9-10,13,15-16H2,1-4H3,(H2,31,39)(H,32,36)(H,33,34);4-6,9-12,14,17,19-20,32,36H,3,7-8,13,15-16H2,1-2H3,(H2,30,37)(H,33,34). The number of nitrogens with one attached hydrogen (secondary N) is 4. The Morgan fingerprint density at radius 3 is 1.74 bits per heavy atom. The fourth-order valence-electron chi connectivity index (χ4n) is 9.53. The average molecular weight is 1090 g/mol. The summed E-state index contributed by atoms with van der Waals surface area (Å²) in [5.74, 6) is 0.177. The molecule has 9 rings (SSSR count). The van der Waals surface area contributed by atoms with E-state index < -0.39 is 24.0 Å². The molecule has 10 N–H and O–H groups in total. The minimum absolute atomic E-state index is 0.0742. The van der Waals surface area contributed by atoms with Crippen LogP contribution in [0, 0.1) is 0 Å². The highest BCUT2D eigenvalue weighted by Gasteiger charge is 2.32.